The van der Waals surface area contributed by atoms with E-state index in [1.54, 1.807) is 0 Å². The maximum Gasteiger partial charge on any atom is 0.192 e. The van der Waals surface area contributed by atoms with Crippen LogP contribution in [-0.2, 0) is 0 Å². The van der Waals surface area contributed by atoms with E-state index >= 15 is 0 Å². The summed E-state index contributed by atoms with van der Waals surface area (Å²) in [7, 11) is 0. The van der Waals surface area contributed by atoms with Crippen molar-refractivity contribution in [3.05, 3.63) is 59.7 Å². The first-order chi connectivity index (χ1) is 7.58. The molecule has 0 heterocycles. The lowest BCUT2D eigenvalue weighted by molar-refractivity contribution is 0.103. The summed E-state index contributed by atoms with van der Waals surface area (Å²) in [5.41, 5.74) is 1.57. The summed E-state index contributed by atoms with van der Waals surface area (Å²) in [6, 6.07) is 9.42. The summed E-state index contributed by atoms with van der Waals surface area (Å²) in [6.07, 6.45) is 6.98. The minimum Gasteiger partial charge on any atom is -0.289 e. The first kappa shape index (κ1) is 11.6. The number of hydrogen-bond donors (Lipinski definition) is 0. The van der Waals surface area contributed by atoms with Gasteiger partial charge in [0.15, 0.2) is 5.78 Å². The van der Waals surface area contributed by atoms with Gasteiger partial charge in [-0.1, -0.05) is 71.2 Å². The molecule has 0 spiro atoms. The number of hydrogen-bond acceptors (Lipinski definition) is 1. The predicted octanol–water partition coefficient (Wildman–Crippen LogP) is 3.95. The van der Waals surface area contributed by atoms with Crippen molar-refractivity contribution >= 4 is 28.4 Å². The summed E-state index contributed by atoms with van der Waals surface area (Å²) in [5, 5.41) is 0. The lowest BCUT2D eigenvalue weighted by Crippen LogP contribution is -2.15. The number of rotatable bonds is 2. The number of carbonyl (C=O) groups excluding carboxylic acids is 1. The second-order valence-corrected chi connectivity index (χ2v) is 6.63. The minimum atomic E-state index is 0.115. The molecule has 0 N–H and O–H groups in total. The monoisotopic (exact) mass is 324 g/mol. The van der Waals surface area contributed by atoms with Crippen LogP contribution < -0.4 is 0 Å². The van der Waals surface area contributed by atoms with Gasteiger partial charge in [-0.3, -0.25) is 4.79 Å². The van der Waals surface area contributed by atoms with E-state index in [4.69, 9.17) is 0 Å². The van der Waals surface area contributed by atoms with Gasteiger partial charge in [-0.15, -0.1) is 0 Å². The smallest absolute Gasteiger partial charge is 0.192 e. The molecule has 82 valence electrons. The Morgan fingerprint density at radius 2 is 2.00 bits per heavy atom. The van der Waals surface area contributed by atoms with Gasteiger partial charge in [0.1, 0.15) is 0 Å². The summed E-state index contributed by atoms with van der Waals surface area (Å²) in [4.78, 5) is 12.1. The molecule has 1 nitrogen and oxygen atoms in total. The first-order valence-electron chi connectivity index (χ1n) is 5.26. The van der Waals surface area contributed by atoms with Crippen LogP contribution in [0.3, 0.4) is 0 Å². The van der Waals surface area contributed by atoms with E-state index in [2.05, 4.69) is 35.6 Å². The van der Waals surface area contributed by atoms with E-state index in [1.165, 1.54) is 0 Å². The molecule has 1 aliphatic carbocycles. The lowest BCUT2D eigenvalue weighted by Gasteiger charge is -2.20. The first-order valence-corrected chi connectivity index (χ1v) is 6.34. The van der Waals surface area contributed by atoms with E-state index in [1.807, 2.05) is 42.5 Å². The maximum absolute atomic E-state index is 12.1. The Labute approximate surface area is 109 Å². The van der Waals surface area contributed by atoms with Gasteiger partial charge >= 0.3 is 0 Å². The standard InChI is InChI=1S/C14H13IO/c1-14(15)9-7-12(8-10-14)13(16)11-5-3-2-4-6-11/h2-9H,10H2,1H3. The van der Waals surface area contributed by atoms with Gasteiger partial charge < -0.3 is 0 Å². The van der Waals surface area contributed by atoms with Crippen LogP contribution in [-0.4, -0.2) is 9.20 Å². The van der Waals surface area contributed by atoms with Gasteiger partial charge in [0.05, 0.1) is 0 Å². The lowest BCUT2D eigenvalue weighted by atomic mass is 9.94. The second-order valence-electron chi connectivity index (χ2n) is 4.17. The molecule has 0 aromatic heterocycles. The summed E-state index contributed by atoms with van der Waals surface area (Å²) in [6.45, 7) is 2.16. The quantitative estimate of drug-likeness (QED) is 0.457. The molecule has 1 aliphatic rings. The van der Waals surface area contributed by atoms with Gasteiger partial charge in [-0.2, -0.15) is 0 Å². The number of allylic oxidation sites excluding steroid dienone is 4. The van der Waals surface area contributed by atoms with Crippen molar-refractivity contribution in [1.29, 1.82) is 0 Å². The fourth-order valence-corrected chi connectivity index (χ4v) is 2.03. The molecule has 0 aliphatic heterocycles. The maximum atomic E-state index is 12.1. The van der Waals surface area contributed by atoms with E-state index < -0.39 is 0 Å². The van der Waals surface area contributed by atoms with Gasteiger partial charge in [0.2, 0.25) is 0 Å². The van der Waals surface area contributed by atoms with Crippen LogP contribution >= 0.6 is 22.6 Å². The molecule has 0 saturated carbocycles. The zero-order chi connectivity index (χ0) is 11.6. The molecule has 0 bridgehead atoms. The number of ketones is 1. The third kappa shape index (κ3) is 2.61. The Morgan fingerprint density at radius 1 is 1.31 bits per heavy atom. The van der Waals surface area contributed by atoms with Crippen LogP contribution in [0.1, 0.15) is 23.7 Å². The van der Waals surface area contributed by atoms with Crippen molar-refractivity contribution in [1.82, 2.24) is 0 Å². The van der Waals surface area contributed by atoms with Gasteiger partial charge in [-0.05, 0) is 13.3 Å². The Kier molecular flexibility index (Phi) is 3.28. The molecule has 2 heteroatoms. The van der Waals surface area contributed by atoms with Crippen molar-refractivity contribution in [2.24, 2.45) is 0 Å². The van der Waals surface area contributed by atoms with Crippen molar-refractivity contribution in [2.45, 2.75) is 16.8 Å². The van der Waals surface area contributed by atoms with Gasteiger partial charge in [0, 0.05) is 14.6 Å². The molecule has 0 saturated heterocycles. The topological polar surface area (TPSA) is 17.1 Å². The molecule has 2 rings (SSSR count). The Balaban J connectivity index is 2.20. The number of halogens is 1. The minimum absolute atomic E-state index is 0.115. The zero-order valence-corrected chi connectivity index (χ0v) is 11.3. The SMILES string of the molecule is CC1(I)C=CC(C(=O)c2ccccc2)=CC1. The molecule has 0 fully saturated rings. The highest BCUT2D eigenvalue weighted by Crippen LogP contribution is 2.30. The fourth-order valence-electron chi connectivity index (χ4n) is 1.63. The summed E-state index contributed by atoms with van der Waals surface area (Å²) in [5.74, 6) is 0.115. The van der Waals surface area contributed by atoms with E-state index in [9.17, 15) is 4.79 Å². The largest absolute Gasteiger partial charge is 0.289 e. The van der Waals surface area contributed by atoms with Crippen LogP contribution in [0.15, 0.2) is 54.1 Å². The Bertz CT molecular complexity index is 455. The highest BCUT2D eigenvalue weighted by Gasteiger charge is 2.20. The van der Waals surface area contributed by atoms with Crippen molar-refractivity contribution in [3.8, 4) is 0 Å². The Hall–Kier alpha value is -0.900. The Morgan fingerprint density at radius 3 is 2.56 bits per heavy atom. The van der Waals surface area contributed by atoms with Crippen molar-refractivity contribution in [2.75, 3.05) is 0 Å². The number of alkyl halides is 1. The molecule has 1 atom stereocenters. The highest BCUT2D eigenvalue weighted by atomic mass is 127. The van der Waals surface area contributed by atoms with Crippen LogP contribution in [0.4, 0.5) is 0 Å². The molecular weight excluding hydrogens is 311 g/mol. The average molecular weight is 324 g/mol. The third-order valence-corrected chi connectivity index (χ3v) is 3.43. The summed E-state index contributed by atoms with van der Waals surface area (Å²) >= 11 is 2.40. The van der Waals surface area contributed by atoms with E-state index in [0.29, 0.717) is 0 Å². The van der Waals surface area contributed by atoms with Crippen LogP contribution in [0.25, 0.3) is 0 Å². The average Bonchev–Trinajstić information content (AvgIpc) is 2.29. The third-order valence-electron chi connectivity index (χ3n) is 2.63. The molecule has 1 aromatic rings. The molecule has 1 unspecified atom stereocenters. The number of benzene rings is 1. The van der Waals surface area contributed by atoms with Gasteiger partial charge in [0.25, 0.3) is 0 Å². The second kappa shape index (κ2) is 4.53. The number of carbonyl (C=O) groups is 1. The normalized spacial score (nSPS) is 24.0. The van der Waals surface area contributed by atoms with Crippen molar-refractivity contribution in [3.63, 3.8) is 0 Å². The van der Waals surface area contributed by atoms with E-state index in [0.717, 1.165) is 17.6 Å². The summed E-state index contributed by atoms with van der Waals surface area (Å²) < 4.78 is 0.151. The fraction of sp³-hybridized carbons (Fsp3) is 0.214. The number of Topliss-reactive ketones (excluding diaryl/α,β-unsaturated/α-hetero) is 1. The van der Waals surface area contributed by atoms with Crippen LogP contribution in [0, 0.1) is 0 Å². The van der Waals surface area contributed by atoms with Crippen molar-refractivity contribution < 1.29 is 4.79 Å². The molecule has 16 heavy (non-hydrogen) atoms. The highest BCUT2D eigenvalue weighted by molar-refractivity contribution is 14.1. The van der Waals surface area contributed by atoms with Gasteiger partial charge in [-0.25, -0.2) is 0 Å². The van der Waals surface area contributed by atoms with Crippen LogP contribution in [0.5, 0.6) is 0 Å². The van der Waals surface area contributed by atoms with Crippen LogP contribution in [0.2, 0.25) is 0 Å². The zero-order valence-electron chi connectivity index (χ0n) is 9.11. The molecule has 0 radical (unpaired) electrons. The molecular formula is C14H13IO. The van der Waals surface area contributed by atoms with E-state index in [-0.39, 0.29) is 9.20 Å². The molecule has 0 amide bonds. The predicted molar refractivity (Wildman–Crippen MR) is 75.0 cm³/mol. The molecule has 1 aromatic carbocycles.